The molecule has 2 aromatic rings. The first-order valence-corrected chi connectivity index (χ1v) is 5.79. The number of nitrogens with one attached hydrogen (secondary N) is 1. The molecule has 0 spiro atoms. The Morgan fingerprint density at radius 2 is 1.94 bits per heavy atom. The summed E-state index contributed by atoms with van der Waals surface area (Å²) < 4.78 is 6.75. The van der Waals surface area contributed by atoms with Crippen LogP contribution >= 0.6 is 22.6 Å². The van der Waals surface area contributed by atoms with Crippen LogP contribution in [0.1, 0.15) is 0 Å². The van der Waals surface area contributed by atoms with E-state index >= 15 is 0 Å². The monoisotopic (exact) mass is 327 g/mol. The summed E-state index contributed by atoms with van der Waals surface area (Å²) in [5.41, 5.74) is 0. The number of anilines is 1. The number of nitrogens with zero attached hydrogens (tertiary/aromatic N) is 2. The van der Waals surface area contributed by atoms with Crippen molar-refractivity contribution in [2.75, 3.05) is 12.4 Å². The van der Waals surface area contributed by atoms with Gasteiger partial charge in [-0.1, -0.05) is 0 Å². The highest BCUT2D eigenvalue weighted by Crippen LogP contribution is 2.21. The molecule has 0 bridgehead atoms. The second-order valence-corrected chi connectivity index (χ2v) is 4.29. The van der Waals surface area contributed by atoms with E-state index in [0.717, 1.165) is 11.6 Å². The minimum absolute atomic E-state index is 0.528. The minimum Gasteiger partial charge on any atom is -0.439 e. The van der Waals surface area contributed by atoms with Crippen LogP contribution < -0.4 is 10.1 Å². The Morgan fingerprint density at radius 3 is 2.62 bits per heavy atom. The molecule has 82 valence electrons. The molecular weight excluding hydrogens is 317 g/mol. The van der Waals surface area contributed by atoms with E-state index in [4.69, 9.17) is 4.74 Å². The Bertz CT molecular complexity index is 473. The molecule has 4 nitrogen and oxygen atoms in total. The zero-order valence-electron chi connectivity index (χ0n) is 8.64. The van der Waals surface area contributed by atoms with Crippen LogP contribution in [0.5, 0.6) is 11.6 Å². The van der Waals surface area contributed by atoms with E-state index in [1.165, 1.54) is 9.90 Å². The van der Waals surface area contributed by atoms with Crippen LogP contribution in [0.25, 0.3) is 0 Å². The second kappa shape index (κ2) is 5.11. The molecule has 16 heavy (non-hydrogen) atoms. The molecule has 1 aromatic carbocycles. The third kappa shape index (κ3) is 2.82. The van der Waals surface area contributed by atoms with E-state index in [1.54, 1.807) is 13.1 Å². The molecule has 0 saturated heterocycles. The lowest BCUT2D eigenvalue weighted by atomic mass is 10.3. The van der Waals surface area contributed by atoms with Crippen molar-refractivity contribution in [1.82, 2.24) is 9.97 Å². The van der Waals surface area contributed by atoms with Crippen molar-refractivity contribution in [2.45, 2.75) is 0 Å². The molecule has 0 saturated carbocycles. The summed E-state index contributed by atoms with van der Waals surface area (Å²) in [6.45, 7) is 0. The molecule has 1 heterocycles. The Kier molecular flexibility index (Phi) is 3.55. The van der Waals surface area contributed by atoms with Gasteiger partial charge in [0.1, 0.15) is 17.9 Å². The van der Waals surface area contributed by atoms with Crippen molar-refractivity contribution >= 4 is 28.4 Å². The number of hydrogen-bond acceptors (Lipinski definition) is 4. The quantitative estimate of drug-likeness (QED) is 0.881. The average Bonchev–Trinajstić information content (AvgIpc) is 2.32. The number of benzene rings is 1. The maximum atomic E-state index is 5.58. The molecule has 1 N–H and O–H groups in total. The molecule has 1 aromatic heterocycles. The normalized spacial score (nSPS) is 9.88. The summed E-state index contributed by atoms with van der Waals surface area (Å²) in [5, 5.41) is 2.93. The van der Waals surface area contributed by atoms with Crippen LogP contribution in [0.15, 0.2) is 36.7 Å². The smallest absolute Gasteiger partial charge is 0.224 e. The Morgan fingerprint density at radius 1 is 1.19 bits per heavy atom. The minimum atomic E-state index is 0.528. The molecule has 5 heteroatoms. The van der Waals surface area contributed by atoms with Crippen LogP contribution in [-0.4, -0.2) is 17.0 Å². The molecule has 0 atom stereocenters. The molecule has 0 radical (unpaired) electrons. The molecule has 0 aliphatic carbocycles. The maximum absolute atomic E-state index is 5.58. The average molecular weight is 327 g/mol. The Labute approximate surface area is 107 Å². The first-order valence-electron chi connectivity index (χ1n) is 4.71. The van der Waals surface area contributed by atoms with E-state index in [9.17, 15) is 0 Å². The summed E-state index contributed by atoms with van der Waals surface area (Å²) >= 11 is 2.25. The van der Waals surface area contributed by atoms with Crippen molar-refractivity contribution in [3.05, 3.63) is 40.2 Å². The predicted molar refractivity (Wildman–Crippen MR) is 70.8 cm³/mol. The van der Waals surface area contributed by atoms with Crippen molar-refractivity contribution in [3.63, 3.8) is 0 Å². The van der Waals surface area contributed by atoms with E-state index < -0.39 is 0 Å². The van der Waals surface area contributed by atoms with Gasteiger partial charge in [0.15, 0.2) is 0 Å². The van der Waals surface area contributed by atoms with E-state index in [0.29, 0.717) is 5.88 Å². The molecule has 0 aliphatic rings. The zero-order valence-corrected chi connectivity index (χ0v) is 10.8. The van der Waals surface area contributed by atoms with Gasteiger partial charge in [0.05, 0.1) is 0 Å². The SMILES string of the molecule is CNc1cc(Oc2ccc(I)cc2)ncn1. The van der Waals surface area contributed by atoms with E-state index in [1.807, 2.05) is 24.3 Å². The van der Waals surface area contributed by atoms with Crippen molar-refractivity contribution in [2.24, 2.45) is 0 Å². The van der Waals surface area contributed by atoms with E-state index in [2.05, 4.69) is 37.9 Å². The van der Waals surface area contributed by atoms with Gasteiger partial charge in [-0.2, -0.15) is 0 Å². The lowest BCUT2D eigenvalue weighted by molar-refractivity contribution is 0.462. The number of ether oxygens (including phenoxy) is 1. The molecule has 0 aliphatic heterocycles. The van der Waals surface area contributed by atoms with Crippen LogP contribution in [0.2, 0.25) is 0 Å². The lowest BCUT2D eigenvalue weighted by Crippen LogP contribution is -1.94. The van der Waals surface area contributed by atoms with E-state index in [-0.39, 0.29) is 0 Å². The van der Waals surface area contributed by atoms with Crippen LogP contribution in [-0.2, 0) is 0 Å². The van der Waals surface area contributed by atoms with Crippen LogP contribution in [0, 0.1) is 3.57 Å². The number of hydrogen-bond donors (Lipinski definition) is 1. The van der Waals surface area contributed by atoms with Gasteiger partial charge >= 0.3 is 0 Å². The Hall–Kier alpha value is -1.37. The van der Waals surface area contributed by atoms with Crippen molar-refractivity contribution < 1.29 is 4.74 Å². The Balaban J connectivity index is 2.16. The summed E-state index contributed by atoms with van der Waals surface area (Å²) in [6, 6.07) is 9.52. The predicted octanol–water partition coefficient (Wildman–Crippen LogP) is 2.92. The van der Waals surface area contributed by atoms with Gasteiger partial charge in [-0.25, -0.2) is 9.97 Å². The lowest BCUT2D eigenvalue weighted by Gasteiger charge is -2.05. The third-order valence-corrected chi connectivity index (χ3v) is 2.65. The van der Waals surface area contributed by atoms with Gasteiger partial charge < -0.3 is 10.1 Å². The standard InChI is InChI=1S/C11H10IN3O/c1-13-10-6-11(15-7-14-10)16-9-4-2-8(12)3-5-9/h2-7H,1H3,(H,13,14,15). The fraction of sp³-hybridized carbons (Fsp3) is 0.0909. The highest BCUT2D eigenvalue weighted by molar-refractivity contribution is 14.1. The van der Waals surface area contributed by atoms with Gasteiger partial charge in [0, 0.05) is 16.7 Å². The largest absolute Gasteiger partial charge is 0.439 e. The maximum Gasteiger partial charge on any atom is 0.224 e. The highest BCUT2D eigenvalue weighted by Gasteiger charge is 2.00. The first kappa shape index (κ1) is 11.1. The second-order valence-electron chi connectivity index (χ2n) is 3.05. The van der Waals surface area contributed by atoms with Crippen LogP contribution in [0.3, 0.4) is 0 Å². The van der Waals surface area contributed by atoms with Crippen LogP contribution in [0.4, 0.5) is 5.82 Å². The molecule has 0 fully saturated rings. The molecule has 0 amide bonds. The fourth-order valence-corrected chi connectivity index (χ4v) is 1.51. The molecule has 0 unspecified atom stereocenters. The molecule has 2 rings (SSSR count). The highest BCUT2D eigenvalue weighted by atomic mass is 127. The molecular formula is C11H10IN3O. The van der Waals surface area contributed by atoms with Crippen molar-refractivity contribution in [3.8, 4) is 11.6 Å². The number of rotatable bonds is 3. The summed E-state index contributed by atoms with van der Waals surface area (Å²) in [7, 11) is 1.80. The van der Waals surface area contributed by atoms with Gasteiger partial charge in [-0.05, 0) is 46.9 Å². The van der Waals surface area contributed by atoms with Gasteiger partial charge in [0.25, 0.3) is 0 Å². The zero-order chi connectivity index (χ0) is 11.4. The summed E-state index contributed by atoms with van der Waals surface area (Å²) in [5.74, 6) is 2.03. The number of halogens is 1. The summed E-state index contributed by atoms with van der Waals surface area (Å²) in [6.07, 6.45) is 1.47. The van der Waals surface area contributed by atoms with Gasteiger partial charge in [0.2, 0.25) is 5.88 Å². The van der Waals surface area contributed by atoms with Gasteiger partial charge in [-0.15, -0.1) is 0 Å². The number of aromatic nitrogens is 2. The van der Waals surface area contributed by atoms with Gasteiger partial charge in [-0.3, -0.25) is 0 Å². The first-order chi connectivity index (χ1) is 7.78. The topological polar surface area (TPSA) is 47.0 Å². The fourth-order valence-electron chi connectivity index (χ4n) is 1.16. The summed E-state index contributed by atoms with van der Waals surface area (Å²) in [4.78, 5) is 8.04. The third-order valence-electron chi connectivity index (χ3n) is 1.93. The van der Waals surface area contributed by atoms with Crippen molar-refractivity contribution in [1.29, 1.82) is 0 Å².